The van der Waals surface area contributed by atoms with Crippen molar-refractivity contribution >= 4 is 58.3 Å². The number of likely N-dealkylation sites (tertiary alicyclic amines) is 1. The van der Waals surface area contributed by atoms with Crippen LogP contribution < -0.4 is 15.6 Å². The van der Waals surface area contributed by atoms with E-state index in [2.05, 4.69) is 72.3 Å². The molecule has 1 unspecified atom stereocenters. The molecule has 2 aromatic rings. The van der Waals surface area contributed by atoms with Crippen LogP contribution in [-0.2, 0) is 51.1 Å². The maximum absolute atomic E-state index is 14.2. The van der Waals surface area contributed by atoms with E-state index in [4.69, 9.17) is 19.2 Å². The molecular weight excluding hydrogens is 865 g/mol. The fourth-order valence-electron chi connectivity index (χ4n) is 10.00. The Hall–Kier alpha value is -5.16. The SMILES string of the molecule is C=CC(=O)N1CC[C@H](C(=O)N(C)[C@H](C(=O)N[C@@H](CC)C(=O)N2CCCC(C=O)(COCC(C)(C)Cc3c(/C(C=C)=C(/N=C\C)[C@H](C)OC)n(CC)c4ccc(N5CCOCC5)cc34)N2)C(C)C)C1. The number of fused-ring (bicyclic) bond motifs is 1. The van der Waals surface area contributed by atoms with Crippen molar-refractivity contribution in [3.63, 3.8) is 0 Å². The van der Waals surface area contributed by atoms with Gasteiger partial charge in [-0.2, -0.15) is 0 Å². The summed E-state index contributed by atoms with van der Waals surface area (Å²) in [6.07, 6.45) is 7.82. The number of hydrogen-bond donors (Lipinski definition) is 2. The lowest BCUT2D eigenvalue weighted by Crippen LogP contribution is -2.66. The van der Waals surface area contributed by atoms with E-state index < -0.39 is 34.9 Å². The summed E-state index contributed by atoms with van der Waals surface area (Å²) in [6.45, 7) is 28.7. The molecular formula is C52H78N8O8. The molecule has 5 atom stereocenters. The minimum atomic E-state index is -1.18. The molecule has 16 heteroatoms. The smallest absolute Gasteiger partial charge is 0.259 e. The first-order valence-electron chi connectivity index (χ1n) is 24.4. The van der Waals surface area contributed by atoms with E-state index in [1.807, 2.05) is 40.7 Å². The van der Waals surface area contributed by atoms with Crippen molar-refractivity contribution < 1.29 is 38.2 Å². The van der Waals surface area contributed by atoms with Crippen LogP contribution in [0.15, 0.2) is 54.2 Å². The molecule has 2 N–H and O–H groups in total. The second-order valence-electron chi connectivity index (χ2n) is 19.5. The number of nitrogens with zero attached hydrogens (tertiary/aromatic N) is 6. The zero-order valence-electron chi connectivity index (χ0n) is 42.4. The van der Waals surface area contributed by atoms with Crippen molar-refractivity contribution in [1.82, 2.24) is 30.1 Å². The highest BCUT2D eigenvalue weighted by molar-refractivity contribution is 5.96. The molecule has 16 nitrogen and oxygen atoms in total. The zero-order chi connectivity index (χ0) is 49.9. The summed E-state index contributed by atoms with van der Waals surface area (Å²) in [5.74, 6) is -1.99. The van der Waals surface area contributed by atoms with Gasteiger partial charge in [0.1, 0.15) is 23.9 Å². The number of amides is 4. The van der Waals surface area contributed by atoms with Gasteiger partial charge in [-0.1, -0.05) is 53.9 Å². The van der Waals surface area contributed by atoms with Crippen LogP contribution in [0.25, 0.3) is 16.5 Å². The van der Waals surface area contributed by atoms with Crippen LogP contribution in [0.1, 0.15) is 92.3 Å². The maximum atomic E-state index is 14.2. The van der Waals surface area contributed by atoms with Gasteiger partial charge in [-0.25, -0.2) is 5.43 Å². The van der Waals surface area contributed by atoms with Crippen LogP contribution in [0.2, 0.25) is 0 Å². The molecule has 0 aliphatic carbocycles. The highest BCUT2D eigenvalue weighted by Gasteiger charge is 2.42. The number of anilines is 1. The van der Waals surface area contributed by atoms with E-state index in [1.165, 1.54) is 16.0 Å². The minimum absolute atomic E-state index is 0.0233. The lowest BCUT2D eigenvalue weighted by atomic mass is 9.84. The van der Waals surface area contributed by atoms with Crippen molar-refractivity contribution in [2.75, 3.05) is 78.2 Å². The Morgan fingerprint density at radius 3 is 2.41 bits per heavy atom. The number of aliphatic imine (C=N–C) groups is 1. The molecule has 1 aromatic heterocycles. The number of methoxy groups -OCH3 is 1. The molecule has 0 bridgehead atoms. The topological polar surface area (TPSA) is 167 Å². The summed E-state index contributed by atoms with van der Waals surface area (Å²) < 4.78 is 20.4. The number of aldehydes is 1. The van der Waals surface area contributed by atoms with Crippen LogP contribution in [0.5, 0.6) is 0 Å². The average Bonchev–Trinajstić information content (AvgIpc) is 3.95. The quantitative estimate of drug-likeness (QED) is 0.0659. The third kappa shape index (κ3) is 12.2. The number of ether oxygens (including phenoxy) is 3. The Morgan fingerprint density at radius 1 is 1.09 bits per heavy atom. The highest BCUT2D eigenvalue weighted by atomic mass is 16.5. The molecule has 3 aliphatic heterocycles. The molecule has 4 amide bonds. The number of allylic oxidation sites excluding steroid dienone is 2. The largest absolute Gasteiger partial charge is 0.378 e. The van der Waals surface area contributed by atoms with Gasteiger partial charge in [0.05, 0.1) is 49.8 Å². The third-order valence-electron chi connectivity index (χ3n) is 13.7. The number of carbonyl (C=O) groups excluding carboxylic acids is 5. The Bertz CT molecular complexity index is 2210. The number of hydrazine groups is 1. The van der Waals surface area contributed by atoms with Crippen LogP contribution in [0.4, 0.5) is 5.69 Å². The first-order valence-corrected chi connectivity index (χ1v) is 24.4. The molecule has 3 aliphatic rings. The summed E-state index contributed by atoms with van der Waals surface area (Å²) >= 11 is 0. The number of benzene rings is 1. The van der Waals surface area contributed by atoms with Crippen molar-refractivity contribution in [2.24, 2.45) is 22.2 Å². The van der Waals surface area contributed by atoms with Crippen LogP contribution in [0, 0.1) is 17.3 Å². The molecule has 374 valence electrons. The lowest BCUT2D eigenvalue weighted by Gasteiger charge is -2.42. The van der Waals surface area contributed by atoms with Crippen molar-refractivity contribution in [3.05, 3.63) is 60.5 Å². The van der Waals surface area contributed by atoms with Gasteiger partial charge in [-0.15, -0.1) is 0 Å². The van der Waals surface area contributed by atoms with E-state index >= 15 is 0 Å². The van der Waals surface area contributed by atoms with Crippen LogP contribution >= 0.6 is 0 Å². The number of aryl methyl sites for hydroxylation is 1. The maximum Gasteiger partial charge on any atom is 0.259 e. The van der Waals surface area contributed by atoms with Gasteiger partial charge < -0.3 is 43.6 Å². The molecule has 3 fully saturated rings. The second kappa shape index (κ2) is 23.9. The first kappa shape index (κ1) is 53.8. The summed E-state index contributed by atoms with van der Waals surface area (Å²) in [7, 11) is 3.28. The monoisotopic (exact) mass is 943 g/mol. The van der Waals surface area contributed by atoms with E-state index in [0.717, 1.165) is 58.5 Å². The summed E-state index contributed by atoms with van der Waals surface area (Å²) in [6, 6.07) is 4.91. The van der Waals surface area contributed by atoms with Crippen molar-refractivity contribution in [2.45, 2.75) is 118 Å². The first-order chi connectivity index (χ1) is 32.4. The number of likely N-dealkylation sites (N-methyl/N-ethyl adjacent to an activating group) is 1. The standard InChI is InChI=1S/C52H78N8O8/c1-13-39(45(53-16-4)36(8)66-12)47-41(40-29-38(57-25-27-67-28-26-57)19-20-43(40)59(47)17-5)30-51(9,10)33-68-34-52(32-61)22-18-23-60(55-52)50(65)42(14-2)54-48(63)46(35(6)7)56(11)49(64)37-21-24-58(31-37)44(62)15-3/h13,15-16,19-20,29,32,35-37,42,46,55H,1,3,14,17-18,21-28,30-31,33-34H2,2,4-12H3,(H,54,63)/b45-39+,53-16-/t36-,37-,42-,46-,52?/m0/s1. The van der Waals surface area contributed by atoms with Crippen LogP contribution in [-0.4, -0.2) is 153 Å². The Kier molecular flexibility index (Phi) is 18.9. The molecule has 0 spiro atoms. The van der Waals surface area contributed by atoms with Crippen molar-refractivity contribution in [1.29, 1.82) is 0 Å². The van der Waals surface area contributed by atoms with Crippen molar-refractivity contribution in [3.8, 4) is 0 Å². The Morgan fingerprint density at radius 2 is 1.81 bits per heavy atom. The zero-order valence-corrected chi connectivity index (χ0v) is 42.4. The molecule has 5 rings (SSSR count). The van der Waals surface area contributed by atoms with Crippen LogP contribution in [0.3, 0.4) is 0 Å². The molecule has 0 radical (unpaired) electrons. The predicted molar refractivity (Wildman–Crippen MR) is 268 cm³/mol. The van der Waals surface area contributed by atoms with Gasteiger partial charge in [0.2, 0.25) is 17.7 Å². The predicted octanol–water partition coefficient (Wildman–Crippen LogP) is 5.58. The normalized spacial score (nSPS) is 20.9. The molecule has 4 heterocycles. The number of carbonyl (C=O) groups is 5. The molecule has 3 saturated heterocycles. The van der Waals surface area contributed by atoms with E-state index in [1.54, 1.807) is 25.3 Å². The van der Waals surface area contributed by atoms with Gasteiger partial charge in [-0.05, 0) is 94.0 Å². The molecule has 1 aromatic carbocycles. The summed E-state index contributed by atoms with van der Waals surface area (Å²) in [5.41, 5.74) is 7.67. The minimum Gasteiger partial charge on any atom is -0.378 e. The number of rotatable bonds is 22. The Labute approximate surface area is 404 Å². The van der Waals surface area contributed by atoms with Gasteiger partial charge in [0.25, 0.3) is 5.91 Å². The summed E-state index contributed by atoms with van der Waals surface area (Å²) in [4.78, 5) is 77.2. The second-order valence-corrected chi connectivity index (χ2v) is 19.5. The average molecular weight is 943 g/mol. The van der Waals surface area contributed by atoms with Gasteiger partial charge in [0, 0.05) is 81.8 Å². The highest BCUT2D eigenvalue weighted by Crippen LogP contribution is 2.40. The molecule has 68 heavy (non-hydrogen) atoms. The Balaban J connectivity index is 1.34. The van der Waals surface area contributed by atoms with E-state index in [-0.39, 0.29) is 49.3 Å². The van der Waals surface area contributed by atoms with Gasteiger partial charge in [-0.3, -0.25) is 29.2 Å². The number of nitrogens with one attached hydrogen (secondary N) is 2. The molecule has 0 saturated carbocycles. The third-order valence-corrected chi connectivity index (χ3v) is 13.7. The van der Waals surface area contributed by atoms with E-state index in [9.17, 15) is 24.0 Å². The van der Waals surface area contributed by atoms with Gasteiger partial charge >= 0.3 is 0 Å². The fourth-order valence-corrected chi connectivity index (χ4v) is 10.00. The number of aromatic nitrogens is 1. The fraction of sp³-hybridized carbons (Fsp3) is 0.615. The number of morpholine rings is 1. The lowest BCUT2D eigenvalue weighted by molar-refractivity contribution is -0.149. The van der Waals surface area contributed by atoms with Gasteiger partial charge in [0.15, 0.2) is 0 Å². The number of hydrogen-bond acceptors (Lipinski definition) is 11. The summed E-state index contributed by atoms with van der Waals surface area (Å²) in [5, 5.41) is 5.49. The van der Waals surface area contributed by atoms with E-state index in [0.29, 0.717) is 65.1 Å².